The molecule has 1 rings (SSSR count). The predicted molar refractivity (Wildman–Crippen MR) is 59.9 cm³/mol. The first-order valence-electron chi connectivity index (χ1n) is 4.16. The van der Waals surface area contributed by atoms with Crippen molar-refractivity contribution in [2.24, 2.45) is 7.05 Å². The molecule has 0 radical (unpaired) electrons. The molecular weight excluding hydrogens is 297 g/mol. The van der Waals surface area contributed by atoms with Crippen LogP contribution in [0.5, 0.6) is 0 Å². The van der Waals surface area contributed by atoms with Crippen molar-refractivity contribution < 1.29 is 9.90 Å². The number of aliphatic hydroxyl groups is 1. The fraction of sp³-hybridized carbons (Fsp3) is 0.500. The standard InChI is InChI=1S/C8H12IN3O2/c1-5(13)3-10-8(14)6-4-11-12(2)7(6)9/h4-5,13H,3H2,1-2H3,(H,10,14)/t5-/m1/s1. The van der Waals surface area contributed by atoms with Crippen molar-refractivity contribution in [1.82, 2.24) is 15.1 Å². The van der Waals surface area contributed by atoms with E-state index >= 15 is 0 Å². The van der Waals surface area contributed by atoms with Crippen LogP contribution < -0.4 is 5.32 Å². The van der Waals surface area contributed by atoms with Gasteiger partial charge in [-0.05, 0) is 29.5 Å². The van der Waals surface area contributed by atoms with Crippen LogP contribution in [0.1, 0.15) is 17.3 Å². The van der Waals surface area contributed by atoms with Gasteiger partial charge in [0.1, 0.15) is 3.70 Å². The van der Waals surface area contributed by atoms with Crippen LogP contribution in [-0.4, -0.2) is 33.4 Å². The van der Waals surface area contributed by atoms with Crippen LogP contribution in [0.4, 0.5) is 0 Å². The summed E-state index contributed by atoms with van der Waals surface area (Å²) in [5.74, 6) is -0.205. The molecule has 0 saturated carbocycles. The Morgan fingerprint density at radius 1 is 1.86 bits per heavy atom. The van der Waals surface area contributed by atoms with Crippen LogP contribution in [0.25, 0.3) is 0 Å². The van der Waals surface area contributed by atoms with E-state index in [1.54, 1.807) is 18.7 Å². The van der Waals surface area contributed by atoms with Gasteiger partial charge in [-0.25, -0.2) is 0 Å². The van der Waals surface area contributed by atoms with Gasteiger partial charge in [-0.15, -0.1) is 0 Å². The molecule has 0 aliphatic rings. The highest BCUT2D eigenvalue weighted by Gasteiger charge is 2.13. The minimum atomic E-state index is -0.534. The van der Waals surface area contributed by atoms with Gasteiger partial charge in [-0.3, -0.25) is 9.48 Å². The Kier molecular flexibility index (Phi) is 3.87. The number of carbonyl (C=O) groups is 1. The fourth-order valence-electron chi connectivity index (χ4n) is 0.911. The lowest BCUT2D eigenvalue weighted by molar-refractivity contribution is 0.0923. The maximum Gasteiger partial charge on any atom is 0.255 e. The van der Waals surface area contributed by atoms with Crippen molar-refractivity contribution in [3.05, 3.63) is 15.5 Å². The van der Waals surface area contributed by atoms with Crippen LogP contribution in [0, 0.1) is 3.70 Å². The fourth-order valence-corrected chi connectivity index (χ4v) is 1.42. The lowest BCUT2D eigenvalue weighted by atomic mass is 10.3. The molecule has 0 bridgehead atoms. The van der Waals surface area contributed by atoms with Crippen LogP contribution in [0.3, 0.4) is 0 Å². The van der Waals surface area contributed by atoms with Crippen molar-refractivity contribution >= 4 is 28.5 Å². The van der Waals surface area contributed by atoms with E-state index in [1.165, 1.54) is 6.20 Å². The largest absolute Gasteiger partial charge is 0.392 e. The van der Waals surface area contributed by atoms with Crippen LogP contribution in [0.15, 0.2) is 6.20 Å². The van der Waals surface area contributed by atoms with E-state index < -0.39 is 6.10 Å². The first-order chi connectivity index (χ1) is 6.52. The maximum absolute atomic E-state index is 11.5. The van der Waals surface area contributed by atoms with Crippen molar-refractivity contribution in [3.8, 4) is 0 Å². The molecule has 5 nitrogen and oxygen atoms in total. The summed E-state index contributed by atoms with van der Waals surface area (Å²) in [6.07, 6.45) is 0.979. The predicted octanol–water partition coefficient (Wildman–Crippen LogP) is 0.135. The molecule has 78 valence electrons. The second-order valence-corrected chi connectivity index (χ2v) is 4.05. The molecule has 14 heavy (non-hydrogen) atoms. The van der Waals surface area contributed by atoms with Crippen LogP contribution in [0.2, 0.25) is 0 Å². The van der Waals surface area contributed by atoms with Gasteiger partial charge in [0.25, 0.3) is 5.91 Å². The van der Waals surface area contributed by atoms with E-state index in [-0.39, 0.29) is 12.5 Å². The van der Waals surface area contributed by atoms with Gasteiger partial charge >= 0.3 is 0 Å². The van der Waals surface area contributed by atoms with Crippen molar-refractivity contribution in [3.63, 3.8) is 0 Å². The molecular formula is C8H12IN3O2. The number of hydrogen-bond donors (Lipinski definition) is 2. The molecule has 1 atom stereocenters. The van der Waals surface area contributed by atoms with Crippen molar-refractivity contribution in [2.75, 3.05) is 6.54 Å². The summed E-state index contributed by atoms with van der Waals surface area (Å²) >= 11 is 2.05. The highest BCUT2D eigenvalue weighted by atomic mass is 127. The van der Waals surface area contributed by atoms with Gasteiger partial charge in [0.05, 0.1) is 17.9 Å². The molecule has 0 fully saturated rings. The highest BCUT2D eigenvalue weighted by Crippen LogP contribution is 2.09. The SMILES string of the molecule is C[C@@H](O)CNC(=O)c1cnn(C)c1I. The molecule has 0 aliphatic heterocycles. The maximum atomic E-state index is 11.5. The zero-order valence-electron chi connectivity index (χ0n) is 7.99. The minimum absolute atomic E-state index is 0.205. The third-order valence-electron chi connectivity index (χ3n) is 1.67. The summed E-state index contributed by atoms with van der Waals surface area (Å²) in [6, 6.07) is 0. The smallest absolute Gasteiger partial charge is 0.255 e. The van der Waals surface area contributed by atoms with E-state index in [4.69, 9.17) is 5.11 Å². The second-order valence-electron chi connectivity index (χ2n) is 3.03. The Morgan fingerprint density at radius 3 is 2.93 bits per heavy atom. The Hall–Kier alpha value is -0.630. The van der Waals surface area contributed by atoms with Gasteiger partial charge in [0.15, 0.2) is 0 Å². The molecule has 1 heterocycles. The van der Waals surface area contributed by atoms with Crippen molar-refractivity contribution in [2.45, 2.75) is 13.0 Å². The normalized spacial score (nSPS) is 12.6. The summed E-state index contributed by atoms with van der Waals surface area (Å²) in [7, 11) is 1.77. The first-order valence-corrected chi connectivity index (χ1v) is 5.24. The Labute approximate surface area is 95.6 Å². The van der Waals surface area contributed by atoms with Gasteiger partial charge < -0.3 is 10.4 Å². The molecule has 0 saturated heterocycles. The van der Waals surface area contributed by atoms with Gasteiger partial charge in [0.2, 0.25) is 0 Å². The molecule has 0 unspecified atom stereocenters. The lowest BCUT2D eigenvalue weighted by Gasteiger charge is -2.05. The topological polar surface area (TPSA) is 67.2 Å². The second kappa shape index (κ2) is 4.74. The number of nitrogens with zero attached hydrogens (tertiary/aromatic N) is 2. The molecule has 0 aliphatic carbocycles. The van der Waals surface area contributed by atoms with E-state index in [9.17, 15) is 4.79 Å². The summed E-state index contributed by atoms with van der Waals surface area (Å²) in [5, 5.41) is 15.5. The number of nitrogens with one attached hydrogen (secondary N) is 1. The summed E-state index contributed by atoms with van der Waals surface area (Å²) in [4.78, 5) is 11.5. The van der Waals surface area contributed by atoms with Gasteiger partial charge in [-0.2, -0.15) is 5.10 Å². The molecule has 0 spiro atoms. The quantitative estimate of drug-likeness (QED) is 0.780. The zero-order valence-corrected chi connectivity index (χ0v) is 10.1. The molecule has 1 aromatic heterocycles. The summed E-state index contributed by atoms with van der Waals surface area (Å²) < 4.78 is 2.41. The monoisotopic (exact) mass is 309 g/mol. The average Bonchev–Trinajstić information content (AvgIpc) is 2.44. The molecule has 1 amide bonds. The van der Waals surface area contributed by atoms with E-state index in [0.717, 1.165) is 3.70 Å². The number of aromatic nitrogens is 2. The Bertz CT molecular complexity index is 335. The number of aryl methyl sites for hydroxylation is 1. The lowest BCUT2D eigenvalue weighted by Crippen LogP contribution is -2.30. The van der Waals surface area contributed by atoms with E-state index in [0.29, 0.717) is 5.56 Å². The summed E-state index contributed by atoms with van der Waals surface area (Å²) in [5.41, 5.74) is 0.536. The van der Waals surface area contributed by atoms with Crippen LogP contribution in [-0.2, 0) is 7.05 Å². The third-order valence-corrected chi connectivity index (χ3v) is 2.95. The number of rotatable bonds is 3. The molecule has 0 aromatic carbocycles. The molecule has 2 N–H and O–H groups in total. The number of aliphatic hydroxyl groups excluding tert-OH is 1. The first kappa shape index (κ1) is 11.4. The Balaban J connectivity index is 2.66. The third kappa shape index (κ3) is 2.68. The Morgan fingerprint density at radius 2 is 2.50 bits per heavy atom. The van der Waals surface area contributed by atoms with Crippen LogP contribution >= 0.6 is 22.6 Å². The van der Waals surface area contributed by atoms with Gasteiger partial charge in [0, 0.05) is 13.6 Å². The molecule has 1 aromatic rings. The zero-order chi connectivity index (χ0) is 10.7. The van der Waals surface area contributed by atoms with E-state index in [1.807, 2.05) is 22.6 Å². The van der Waals surface area contributed by atoms with Gasteiger partial charge in [-0.1, -0.05) is 0 Å². The summed E-state index contributed by atoms with van der Waals surface area (Å²) in [6.45, 7) is 1.87. The van der Waals surface area contributed by atoms with E-state index in [2.05, 4.69) is 10.4 Å². The number of halogens is 1. The number of hydrogen-bond acceptors (Lipinski definition) is 3. The average molecular weight is 309 g/mol. The van der Waals surface area contributed by atoms with Crippen molar-refractivity contribution in [1.29, 1.82) is 0 Å². The number of carbonyl (C=O) groups excluding carboxylic acids is 1. The minimum Gasteiger partial charge on any atom is -0.392 e. The molecule has 6 heteroatoms. The number of amides is 1. The highest BCUT2D eigenvalue weighted by molar-refractivity contribution is 14.1.